The van der Waals surface area contributed by atoms with Crippen molar-refractivity contribution < 1.29 is 9.59 Å². The maximum Gasteiger partial charge on any atom is 0.250 e. The third kappa shape index (κ3) is 2.43. The van der Waals surface area contributed by atoms with E-state index in [9.17, 15) is 9.59 Å². The zero-order chi connectivity index (χ0) is 15.2. The van der Waals surface area contributed by atoms with Gasteiger partial charge in [-0.15, -0.1) is 0 Å². The highest BCUT2D eigenvalue weighted by atomic mass is 16.2. The van der Waals surface area contributed by atoms with Gasteiger partial charge in [0.25, 0.3) is 0 Å². The van der Waals surface area contributed by atoms with Gasteiger partial charge in [-0.3, -0.25) is 9.59 Å². The molecule has 0 saturated carbocycles. The SMILES string of the molecule is CC(C)(C)c1ccc(N2CC(=O)N3CCCC3C2=O)cc1. The van der Waals surface area contributed by atoms with Crippen molar-refractivity contribution in [3.8, 4) is 0 Å². The van der Waals surface area contributed by atoms with Crippen LogP contribution < -0.4 is 4.90 Å². The molecule has 2 aliphatic rings. The van der Waals surface area contributed by atoms with E-state index >= 15 is 0 Å². The fraction of sp³-hybridized carbons (Fsp3) is 0.529. The summed E-state index contributed by atoms with van der Waals surface area (Å²) >= 11 is 0. The van der Waals surface area contributed by atoms with Crippen LogP contribution in [0.15, 0.2) is 24.3 Å². The van der Waals surface area contributed by atoms with Gasteiger partial charge in [0.15, 0.2) is 0 Å². The largest absolute Gasteiger partial charge is 0.329 e. The van der Waals surface area contributed by atoms with Gasteiger partial charge in [0.2, 0.25) is 11.8 Å². The average Bonchev–Trinajstić information content (AvgIpc) is 2.92. The normalized spacial score (nSPS) is 22.7. The minimum atomic E-state index is -0.242. The minimum absolute atomic E-state index is 0.0654. The van der Waals surface area contributed by atoms with Crippen molar-refractivity contribution >= 4 is 17.5 Å². The van der Waals surface area contributed by atoms with E-state index in [2.05, 4.69) is 20.8 Å². The maximum absolute atomic E-state index is 12.6. The van der Waals surface area contributed by atoms with Gasteiger partial charge in [0.05, 0.1) is 0 Å². The molecule has 112 valence electrons. The monoisotopic (exact) mass is 286 g/mol. The van der Waals surface area contributed by atoms with Crippen molar-refractivity contribution in [2.75, 3.05) is 18.0 Å². The second-order valence-electron chi connectivity index (χ2n) is 6.97. The van der Waals surface area contributed by atoms with Crippen LogP contribution in [0.3, 0.4) is 0 Å². The zero-order valence-corrected chi connectivity index (χ0v) is 12.9. The van der Waals surface area contributed by atoms with Crippen molar-refractivity contribution in [2.24, 2.45) is 0 Å². The quantitative estimate of drug-likeness (QED) is 0.795. The average molecular weight is 286 g/mol. The number of piperazine rings is 1. The number of nitrogens with zero attached hydrogens (tertiary/aromatic N) is 2. The van der Waals surface area contributed by atoms with E-state index in [1.807, 2.05) is 24.3 Å². The van der Waals surface area contributed by atoms with Gasteiger partial charge in [-0.25, -0.2) is 0 Å². The fourth-order valence-corrected chi connectivity index (χ4v) is 3.17. The zero-order valence-electron chi connectivity index (χ0n) is 12.9. The molecule has 4 nitrogen and oxygen atoms in total. The molecular weight excluding hydrogens is 264 g/mol. The van der Waals surface area contributed by atoms with Crippen molar-refractivity contribution in [3.63, 3.8) is 0 Å². The summed E-state index contributed by atoms with van der Waals surface area (Å²) in [4.78, 5) is 28.1. The van der Waals surface area contributed by atoms with E-state index in [0.29, 0.717) is 0 Å². The molecule has 2 saturated heterocycles. The Hall–Kier alpha value is -1.84. The summed E-state index contributed by atoms with van der Waals surface area (Å²) < 4.78 is 0. The van der Waals surface area contributed by atoms with Gasteiger partial charge < -0.3 is 9.80 Å². The molecular formula is C17H22N2O2. The lowest BCUT2D eigenvalue weighted by atomic mass is 9.87. The summed E-state index contributed by atoms with van der Waals surface area (Å²) in [5.74, 6) is 0.132. The van der Waals surface area contributed by atoms with E-state index in [1.54, 1.807) is 9.80 Å². The molecule has 2 fully saturated rings. The Morgan fingerprint density at radius 2 is 1.76 bits per heavy atom. The lowest BCUT2D eigenvalue weighted by molar-refractivity contribution is -0.140. The molecule has 2 aliphatic heterocycles. The Labute approximate surface area is 125 Å². The van der Waals surface area contributed by atoms with Gasteiger partial charge in [0.1, 0.15) is 12.6 Å². The number of anilines is 1. The standard InChI is InChI=1S/C17H22N2O2/c1-17(2,3)12-6-8-13(9-7-12)19-11-15(20)18-10-4-5-14(18)16(19)21/h6-9,14H,4-5,10-11H2,1-3H3. The van der Waals surface area contributed by atoms with Crippen LogP contribution in [-0.2, 0) is 15.0 Å². The molecule has 21 heavy (non-hydrogen) atoms. The van der Waals surface area contributed by atoms with Gasteiger partial charge in [-0.05, 0) is 36.0 Å². The van der Waals surface area contributed by atoms with Crippen LogP contribution in [0.4, 0.5) is 5.69 Å². The fourth-order valence-electron chi connectivity index (χ4n) is 3.17. The smallest absolute Gasteiger partial charge is 0.250 e. The van der Waals surface area contributed by atoms with Crippen LogP contribution >= 0.6 is 0 Å². The molecule has 0 radical (unpaired) electrons. The van der Waals surface area contributed by atoms with E-state index in [-0.39, 0.29) is 29.8 Å². The Balaban J connectivity index is 1.86. The lowest BCUT2D eigenvalue weighted by Gasteiger charge is -2.36. The molecule has 0 aliphatic carbocycles. The van der Waals surface area contributed by atoms with Crippen LogP contribution in [0, 0.1) is 0 Å². The first-order valence-electron chi connectivity index (χ1n) is 7.59. The van der Waals surface area contributed by atoms with Gasteiger partial charge >= 0.3 is 0 Å². The van der Waals surface area contributed by atoms with Crippen molar-refractivity contribution in [3.05, 3.63) is 29.8 Å². The molecule has 2 heterocycles. The molecule has 1 unspecified atom stereocenters. The van der Waals surface area contributed by atoms with Gasteiger partial charge in [-0.2, -0.15) is 0 Å². The summed E-state index contributed by atoms with van der Waals surface area (Å²) in [5.41, 5.74) is 2.14. The highest BCUT2D eigenvalue weighted by Crippen LogP contribution is 2.29. The molecule has 0 bridgehead atoms. The van der Waals surface area contributed by atoms with E-state index in [4.69, 9.17) is 0 Å². The number of hydrogen-bond acceptors (Lipinski definition) is 2. The third-order valence-corrected chi connectivity index (χ3v) is 4.46. The topological polar surface area (TPSA) is 40.6 Å². The molecule has 1 aromatic rings. The summed E-state index contributed by atoms with van der Waals surface area (Å²) in [6.07, 6.45) is 1.72. The second-order valence-corrected chi connectivity index (χ2v) is 6.97. The molecule has 0 aromatic heterocycles. The minimum Gasteiger partial charge on any atom is -0.329 e. The number of fused-ring (bicyclic) bond motifs is 1. The van der Waals surface area contributed by atoms with Crippen molar-refractivity contribution in [2.45, 2.75) is 45.1 Å². The summed E-state index contributed by atoms with van der Waals surface area (Å²) in [7, 11) is 0. The first-order chi connectivity index (χ1) is 9.88. The van der Waals surface area contributed by atoms with Crippen LogP contribution in [0.1, 0.15) is 39.2 Å². The van der Waals surface area contributed by atoms with Crippen molar-refractivity contribution in [1.82, 2.24) is 4.90 Å². The molecule has 2 amide bonds. The predicted molar refractivity (Wildman–Crippen MR) is 82.2 cm³/mol. The highest BCUT2D eigenvalue weighted by molar-refractivity contribution is 6.06. The van der Waals surface area contributed by atoms with Crippen LogP contribution in [0.25, 0.3) is 0 Å². The molecule has 0 spiro atoms. The molecule has 3 rings (SSSR count). The summed E-state index contributed by atoms with van der Waals surface area (Å²) in [5, 5.41) is 0. The first kappa shape index (κ1) is 14.1. The number of amides is 2. The van der Waals surface area contributed by atoms with Crippen LogP contribution in [0.2, 0.25) is 0 Å². The summed E-state index contributed by atoms with van der Waals surface area (Å²) in [6.45, 7) is 7.38. The van der Waals surface area contributed by atoms with Gasteiger partial charge in [0, 0.05) is 12.2 Å². The van der Waals surface area contributed by atoms with Crippen LogP contribution in [0.5, 0.6) is 0 Å². The molecule has 1 atom stereocenters. The number of rotatable bonds is 1. The molecule has 1 aromatic carbocycles. The van der Waals surface area contributed by atoms with E-state index in [1.165, 1.54) is 5.56 Å². The third-order valence-electron chi connectivity index (χ3n) is 4.46. The van der Waals surface area contributed by atoms with Crippen LogP contribution in [-0.4, -0.2) is 35.8 Å². The second kappa shape index (κ2) is 4.86. The first-order valence-corrected chi connectivity index (χ1v) is 7.59. The Morgan fingerprint density at radius 1 is 1.10 bits per heavy atom. The molecule has 4 heteroatoms. The Morgan fingerprint density at radius 3 is 2.38 bits per heavy atom. The number of carbonyl (C=O) groups excluding carboxylic acids is 2. The number of carbonyl (C=O) groups is 2. The van der Waals surface area contributed by atoms with Crippen molar-refractivity contribution in [1.29, 1.82) is 0 Å². The number of benzene rings is 1. The van der Waals surface area contributed by atoms with Gasteiger partial charge in [-0.1, -0.05) is 32.9 Å². The maximum atomic E-state index is 12.6. The highest BCUT2D eigenvalue weighted by Gasteiger charge is 2.42. The van der Waals surface area contributed by atoms with E-state index < -0.39 is 0 Å². The lowest BCUT2D eigenvalue weighted by Crippen LogP contribution is -2.57. The predicted octanol–water partition coefficient (Wildman–Crippen LogP) is 2.32. The number of hydrogen-bond donors (Lipinski definition) is 0. The molecule has 0 N–H and O–H groups in total. The summed E-state index contributed by atoms with van der Waals surface area (Å²) in [6, 6.07) is 7.77. The Kier molecular flexibility index (Phi) is 3.27. The van der Waals surface area contributed by atoms with E-state index in [0.717, 1.165) is 25.1 Å². The Bertz CT molecular complexity index is 571.